The number of thiophene rings is 1. The number of aromatic nitrogens is 2. The number of esters is 1. The monoisotopic (exact) mass is 423 g/mol. The van der Waals surface area contributed by atoms with Gasteiger partial charge in [0.25, 0.3) is 5.56 Å². The highest BCUT2D eigenvalue weighted by molar-refractivity contribution is 7.09. The smallest absolute Gasteiger partial charge is 0.339 e. The van der Waals surface area contributed by atoms with E-state index in [1.807, 2.05) is 31.4 Å². The number of carbonyl (C=O) groups is 2. The Hall–Kier alpha value is -3.44. The molecule has 0 aliphatic carbocycles. The summed E-state index contributed by atoms with van der Waals surface area (Å²) in [5, 5.41) is 11.2. The van der Waals surface area contributed by atoms with Crippen molar-refractivity contribution in [2.24, 2.45) is 0 Å². The van der Waals surface area contributed by atoms with Gasteiger partial charge >= 0.3 is 5.97 Å². The summed E-state index contributed by atoms with van der Waals surface area (Å²) in [6.45, 7) is 4.30. The predicted octanol–water partition coefficient (Wildman–Crippen LogP) is 3.11. The lowest BCUT2D eigenvalue weighted by molar-refractivity contribution is 0.0599. The van der Waals surface area contributed by atoms with Crippen LogP contribution in [-0.4, -0.2) is 28.0 Å². The summed E-state index contributed by atoms with van der Waals surface area (Å²) in [5.74, 6) is -0.946. The maximum Gasteiger partial charge on any atom is 0.339 e. The molecule has 0 amide bonds. The van der Waals surface area contributed by atoms with Crippen LogP contribution >= 0.6 is 11.3 Å². The Bertz CT molecular complexity index is 1200. The van der Waals surface area contributed by atoms with Crippen LogP contribution in [0.5, 0.6) is 0 Å². The van der Waals surface area contributed by atoms with Crippen molar-refractivity contribution in [2.75, 3.05) is 7.11 Å². The van der Waals surface area contributed by atoms with Gasteiger partial charge in [0.1, 0.15) is 11.6 Å². The van der Waals surface area contributed by atoms with Gasteiger partial charge in [0.05, 0.1) is 19.2 Å². The van der Waals surface area contributed by atoms with E-state index in [0.717, 1.165) is 28.9 Å². The molecule has 0 atom stereocenters. The van der Waals surface area contributed by atoms with Crippen LogP contribution in [-0.2, 0) is 24.2 Å². The molecule has 30 heavy (non-hydrogen) atoms. The second-order valence-corrected chi connectivity index (χ2v) is 7.90. The van der Waals surface area contributed by atoms with E-state index in [0.29, 0.717) is 5.56 Å². The van der Waals surface area contributed by atoms with Gasteiger partial charge in [-0.1, -0.05) is 6.07 Å². The van der Waals surface area contributed by atoms with E-state index >= 15 is 0 Å². The van der Waals surface area contributed by atoms with Gasteiger partial charge in [-0.2, -0.15) is 5.26 Å². The van der Waals surface area contributed by atoms with Gasteiger partial charge < -0.3 is 13.9 Å². The lowest BCUT2D eigenvalue weighted by Gasteiger charge is -2.10. The molecule has 3 aromatic heterocycles. The van der Waals surface area contributed by atoms with Gasteiger partial charge in [0, 0.05) is 34.6 Å². The number of carbonyl (C=O) groups excluding carboxylic acids is 2. The van der Waals surface area contributed by atoms with Crippen LogP contribution < -0.4 is 5.56 Å². The molecular weight excluding hydrogens is 402 g/mol. The molecule has 7 nitrogen and oxygen atoms in total. The number of hydrogen-bond acceptors (Lipinski definition) is 6. The number of nitriles is 1. The lowest BCUT2D eigenvalue weighted by atomic mass is 10.1. The van der Waals surface area contributed by atoms with E-state index in [9.17, 15) is 19.6 Å². The zero-order valence-electron chi connectivity index (χ0n) is 17.0. The minimum Gasteiger partial charge on any atom is -0.465 e. The van der Waals surface area contributed by atoms with Crippen LogP contribution in [0.15, 0.2) is 40.6 Å². The Morgan fingerprint density at radius 1 is 1.27 bits per heavy atom. The molecule has 0 unspecified atom stereocenters. The molecule has 0 saturated heterocycles. The van der Waals surface area contributed by atoms with Gasteiger partial charge in [-0.05, 0) is 43.8 Å². The fourth-order valence-corrected chi connectivity index (χ4v) is 4.11. The average Bonchev–Trinajstić information content (AvgIpc) is 3.35. The van der Waals surface area contributed by atoms with E-state index in [-0.39, 0.29) is 23.5 Å². The largest absolute Gasteiger partial charge is 0.465 e. The molecule has 0 saturated carbocycles. The van der Waals surface area contributed by atoms with Crippen LogP contribution in [0.1, 0.15) is 42.5 Å². The first-order valence-electron chi connectivity index (χ1n) is 9.31. The fraction of sp³-hybridized carbons (Fsp3) is 0.273. The number of pyridine rings is 1. The summed E-state index contributed by atoms with van der Waals surface area (Å²) in [7, 11) is 1.21. The number of methoxy groups -OCH3 is 1. The zero-order valence-corrected chi connectivity index (χ0v) is 17.8. The van der Waals surface area contributed by atoms with E-state index in [4.69, 9.17) is 0 Å². The Labute approximate surface area is 177 Å². The van der Waals surface area contributed by atoms with Crippen molar-refractivity contribution in [3.8, 4) is 6.07 Å². The van der Waals surface area contributed by atoms with Crippen LogP contribution in [0.2, 0.25) is 0 Å². The normalized spacial score (nSPS) is 10.6. The third-order valence-electron chi connectivity index (χ3n) is 4.98. The van der Waals surface area contributed by atoms with Gasteiger partial charge in [-0.3, -0.25) is 9.59 Å². The molecule has 3 aromatic rings. The van der Waals surface area contributed by atoms with Gasteiger partial charge in [0.2, 0.25) is 0 Å². The highest BCUT2D eigenvalue weighted by Gasteiger charge is 2.19. The second-order valence-electron chi connectivity index (χ2n) is 6.87. The highest BCUT2D eigenvalue weighted by Crippen LogP contribution is 2.19. The molecule has 8 heteroatoms. The number of rotatable bonds is 7. The molecular formula is C22H21N3O4S. The third-order valence-corrected chi connectivity index (χ3v) is 5.91. The minimum atomic E-state index is -0.681. The maximum atomic E-state index is 13.0. The number of Topliss-reactive ketones (excluding diaryl/α,β-unsaturated/α-hetero) is 1. The topological polar surface area (TPSA) is 94.1 Å². The molecule has 0 bridgehead atoms. The first kappa shape index (κ1) is 21.3. The SMILES string of the molecule is COC(=O)c1cc(C#N)c(=O)n(CC(=O)c2cc(C)n(CCc3cccs3)c2C)c1. The van der Waals surface area contributed by atoms with Gasteiger partial charge in [-0.25, -0.2) is 4.79 Å². The number of ketones is 1. The van der Waals surface area contributed by atoms with Crippen molar-refractivity contribution in [3.63, 3.8) is 0 Å². The van der Waals surface area contributed by atoms with Crippen molar-refractivity contribution in [3.05, 3.63) is 79.2 Å². The number of ether oxygens (including phenoxy) is 1. The van der Waals surface area contributed by atoms with Crippen LogP contribution in [0.4, 0.5) is 0 Å². The molecule has 0 spiro atoms. The van der Waals surface area contributed by atoms with Crippen molar-refractivity contribution >= 4 is 23.1 Å². The second kappa shape index (κ2) is 8.93. The number of nitrogens with zero attached hydrogens (tertiary/aromatic N) is 3. The first-order chi connectivity index (χ1) is 14.3. The molecule has 154 valence electrons. The van der Waals surface area contributed by atoms with E-state index in [1.54, 1.807) is 17.4 Å². The van der Waals surface area contributed by atoms with Crippen molar-refractivity contribution in [2.45, 2.75) is 33.4 Å². The van der Waals surface area contributed by atoms with E-state index in [2.05, 4.69) is 15.4 Å². The molecule has 0 aliphatic rings. The van der Waals surface area contributed by atoms with Gasteiger partial charge in [-0.15, -0.1) is 11.3 Å². The molecule has 0 aromatic carbocycles. The lowest BCUT2D eigenvalue weighted by Crippen LogP contribution is -2.27. The quantitative estimate of drug-likeness (QED) is 0.430. The number of hydrogen-bond donors (Lipinski definition) is 0. The summed E-state index contributed by atoms with van der Waals surface area (Å²) in [5.41, 5.74) is 1.51. The Morgan fingerprint density at radius 2 is 2.03 bits per heavy atom. The molecule has 3 heterocycles. The van der Waals surface area contributed by atoms with Crippen molar-refractivity contribution in [1.29, 1.82) is 5.26 Å². The Balaban J connectivity index is 1.88. The Morgan fingerprint density at radius 3 is 2.67 bits per heavy atom. The van der Waals surface area contributed by atoms with Gasteiger partial charge in [0.15, 0.2) is 5.78 Å². The van der Waals surface area contributed by atoms with Crippen LogP contribution in [0, 0.1) is 25.2 Å². The minimum absolute atomic E-state index is 0.0443. The zero-order chi connectivity index (χ0) is 21.8. The number of aryl methyl sites for hydroxylation is 2. The van der Waals surface area contributed by atoms with Crippen molar-refractivity contribution in [1.82, 2.24) is 9.13 Å². The maximum absolute atomic E-state index is 13.0. The highest BCUT2D eigenvalue weighted by atomic mass is 32.1. The fourth-order valence-electron chi connectivity index (χ4n) is 3.41. The average molecular weight is 423 g/mol. The van der Waals surface area contributed by atoms with Crippen LogP contribution in [0.3, 0.4) is 0 Å². The van der Waals surface area contributed by atoms with E-state index < -0.39 is 11.5 Å². The summed E-state index contributed by atoms with van der Waals surface area (Å²) < 4.78 is 7.84. The summed E-state index contributed by atoms with van der Waals surface area (Å²) in [6, 6.07) is 8.85. The third kappa shape index (κ3) is 4.26. The van der Waals surface area contributed by atoms with E-state index in [1.165, 1.54) is 24.3 Å². The summed E-state index contributed by atoms with van der Waals surface area (Å²) >= 11 is 1.70. The predicted molar refractivity (Wildman–Crippen MR) is 113 cm³/mol. The van der Waals surface area contributed by atoms with Crippen molar-refractivity contribution < 1.29 is 14.3 Å². The first-order valence-corrected chi connectivity index (χ1v) is 10.2. The molecule has 0 aliphatic heterocycles. The molecule has 0 radical (unpaired) electrons. The molecule has 0 N–H and O–H groups in total. The molecule has 3 rings (SSSR count). The standard InChI is InChI=1S/C22H21N3O4S/c1-14-9-19(15(2)25(14)7-6-18-5-4-8-30-18)20(26)13-24-12-17(22(28)29-3)10-16(11-23)21(24)27/h4-5,8-10,12H,6-7,13H2,1-3H3. The molecule has 0 fully saturated rings. The van der Waals surface area contributed by atoms with Crippen LogP contribution in [0.25, 0.3) is 0 Å². The summed E-state index contributed by atoms with van der Waals surface area (Å²) in [4.78, 5) is 38.5. The summed E-state index contributed by atoms with van der Waals surface area (Å²) in [6.07, 6.45) is 2.12. The Kier molecular flexibility index (Phi) is 6.33.